The van der Waals surface area contributed by atoms with Crippen molar-refractivity contribution in [1.29, 1.82) is 0 Å². The average molecular weight is 625 g/mol. The summed E-state index contributed by atoms with van der Waals surface area (Å²) in [5.74, 6) is 2.61. The predicted molar refractivity (Wildman–Crippen MR) is 177 cm³/mol. The van der Waals surface area contributed by atoms with Crippen molar-refractivity contribution in [2.75, 3.05) is 42.6 Å². The van der Waals surface area contributed by atoms with Gasteiger partial charge >= 0.3 is 6.01 Å². The third-order valence-corrected chi connectivity index (χ3v) is 12.6. The number of halogens is 1. The van der Waals surface area contributed by atoms with E-state index in [1.165, 1.54) is 61.5 Å². The molecule has 6 fully saturated rings. The Labute approximate surface area is 270 Å². The zero-order valence-corrected chi connectivity index (χ0v) is 26.6. The molecule has 7 aliphatic rings. The summed E-state index contributed by atoms with van der Waals surface area (Å²) in [5, 5.41) is 16.9. The maximum absolute atomic E-state index is 14.9. The Balaban J connectivity index is 1.01. The Kier molecular flexibility index (Phi) is 6.32. The molecule has 9 heteroatoms. The van der Waals surface area contributed by atoms with Crippen LogP contribution in [0.5, 0.6) is 11.8 Å². The van der Waals surface area contributed by atoms with Crippen molar-refractivity contribution >= 4 is 22.3 Å². The highest BCUT2D eigenvalue weighted by atomic mass is 19.1. The van der Waals surface area contributed by atoms with Gasteiger partial charge in [0.2, 0.25) is 0 Å². The number of nitrogens with zero attached hydrogens (tertiary/aromatic N) is 5. The first kappa shape index (κ1) is 27.9. The van der Waals surface area contributed by atoms with Gasteiger partial charge in [0.1, 0.15) is 24.3 Å². The van der Waals surface area contributed by atoms with Gasteiger partial charge in [-0.05, 0) is 80.2 Å². The molecular weight excluding hydrogens is 579 g/mol. The number of hydrogen-bond acceptors (Lipinski definition) is 8. The quantitative estimate of drug-likeness (QED) is 0.375. The van der Waals surface area contributed by atoms with Gasteiger partial charge < -0.3 is 25.0 Å². The van der Waals surface area contributed by atoms with Crippen LogP contribution in [0.25, 0.3) is 10.8 Å². The number of alkyl halides is 1. The number of rotatable bonds is 6. The Morgan fingerprint density at radius 1 is 0.978 bits per heavy atom. The Morgan fingerprint density at radius 3 is 2.70 bits per heavy atom. The Bertz CT molecular complexity index is 1690. The SMILES string of the molecule is Oc1cc(N2CCc3c(nc(OCC45CC(F)CN4C4CCCC4C5)nc3N3CC4CCC(C3)N4)C2)c2c(C3CC3)cccc2c1. The first-order chi connectivity index (χ1) is 22.5. The number of nitrogens with one attached hydrogen (secondary N) is 1. The summed E-state index contributed by atoms with van der Waals surface area (Å²) in [7, 11) is 0. The van der Waals surface area contributed by atoms with Gasteiger partial charge in [-0.25, -0.2) is 4.39 Å². The molecule has 1 aromatic heterocycles. The fourth-order valence-corrected chi connectivity index (χ4v) is 10.5. The molecule has 2 N–H and O–H groups in total. The molecule has 242 valence electrons. The van der Waals surface area contributed by atoms with Crippen LogP contribution in [0.15, 0.2) is 30.3 Å². The van der Waals surface area contributed by atoms with E-state index in [1.54, 1.807) is 0 Å². The number of ether oxygens (including phenoxy) is 1. The van der Waals surface area contributed by atoms with Gasteiger partial charge in [0.15, 0.2) is 0 Å². The number of benzene rings is 2. The van der Waals surface area contributed by atoms with Gasteiger partial charge in [-0.1, -0.05) is 24.6 Å². The zero-order chi connectivity index (χ0) is 30.6. The number of phenolic OH excluding ortho intramolecular Hbond substituents is 1. The number of anilines is 2. The molecule has 2 bridgehead atoms. The van der Waals surface area contributed by atoms with Crippen molar-refractivity contribution in [2.24, 2.45) is 5.92 Å². The van der Waals surface area contributed by atoms with Crippen LogP contribution >= 0.6 is 0 Å². The second kappa shape index (κ2) is 10.4. The van der Waals surface area contributed by atoms with Gasteiger partial charge in [0, 0.05) is 73.4 Å². The average Bonchev–Trinajstić information content (AvgIpc) is 3.48. The van der Waals surface area contributed by atoms with Crippen molar-refractivity contribution in [2.45, 2.75) is 107 Å². The summed E-state index contributed by atoms with van der Waals surface area (Å²) in [6.07, 6.45) is 10.2. The molecule has 8 nitrogen and oxygen atoms in total. The van der Waals surface area contributed by atoms with Crippen molar-refractivity contribution < 1.29 is 14.2 Å². The number of hydrogen-bond donors (Lipinski definition) is 2. The van der Waals surface area contributed by atoms with E-state index < -0.39 is 6.17 Å². The highest BCUT2D eigenvalue weighted by Gasteiger charge is 2.58. The lowest BCUT2D eigenvalue weighted by Crippen LogP contribution is -2.52. The summed E-state index contributed by atoms with van der Waals surface area (Å²) in [4.78, 5) is 17.7. The molecule has 0 amide bonds. The topological polar surface area (TPSA) is 77.0 Å². The fraction of sp³-hybridized carbons (Fsp3) is 0.622. The molecule has 2 aromatic carbocycles. The second-order valence-corrected chi connectivity index (χ2v) is 15.6. The van der Waals surface area contributed by atoms with Crippen molar-refractivity contribution in [1.82, 2.24) is 20.2 Å². The molecule has 3 aromatic rings. The van der Waals surface area contributed by atoms with Crippen LogP contribution in [0, 0.1) is 5.92 Å². The van der Waals surface area contributed by atoms with Gasteiger partial charge in [0.05, 0.1) is 17.8 Å². The molecule has 0 radical (unpaired) electrons. The summed E-state index contributed by atoms with van der Waals surface area (Å²) >= 11 is 0. The minimum Gasteiger partial charge on any atom is -0.508 e. The van der Waals surface area contributed by atoms with Gasteiger partial charge in [0.25, 0.3) is 0 Å². The lowest BCUT2D eigenvalue weighted by atomic mass is 9.89. The van der Waals surface area contributed by atoms with E-state index in [-0.39, 0.29) is 5.54 Å². The number of aromatic hydroxyl groups is 1. The van der Waals surface area contributed by atoms with Crippen molar-refractivity contribution in [3.05, 3.63) is 47.2 Å². The number of fused-ring (bicyclic) bond motifs is 7. The van der Waals surface area contributed by atoms with E-state index in [2.05, 4.69) is 38.2 Å². The van der Waals surface area contributed by atoms with Crippen LogP contribution in [-0.2, 0) is 13.0 Å². The highest BCUT2D eigenvalue weighted by molar-refractivity contribution is 5.99. The van der Waals surface area contributed by atoms with Crippen LogP contribution in [0.4, 0.5) is 15.9 Å². The number of phenols is 1. The van der Waals surface area contributed by atoms with Crippen LogP contribution < -0.4 is 19.9 Å². The third kappa shape index (κ3) is 4.51. The largest absolute Gasteiger partial charge is 0.508 e. The molecule has 0 spiro atoms. The van der Waals surface area contributed by atoms with Crippen LogP contribution in [-0.4, -0.2) is 82.6 Å². The summed E-state index contributed by atoms with van der Waals surface area (Å²) in [6.45, 7) is 4.40. The molecule has 6 atom stereocenters. The minimum atomic E-state index is -0.785. The lowest BCUT2D eigenvalue weighted by Gasteiger charge is -2.38. The van der Waals surface area contributed by atoms with E-state index in [0.29, 0.717) is 67.8 Å². The molecule has 2 saturated carbocycles. The van der Waals surface area contributed by atoms with Crippen LogP contribution in [0.1, 0.15) is 80.5 Å². The molecule has 6 heterocycles. The molecule has 6 unspecified atom stereocenters. The van der Waals surface area contributed by atoms with Gasteiger partial charge in [-0.2, -0.15) is 9.97 Å². The minimum absolute atomic E-state index is 0.242. The van der Waals surface area contributed by atoms with E-state index in [4.69, 9.17) is 14.7 Å². The maximum atomic E-state index is 14.9. The Hall–Kier alpha value is -3.17. The molecule has 46 heavy (non-hydrogen) atoms. The number of piperazine rings is 1. The van der Waals surface area contributed by atoms with Gasteiger partial charge in [-0.15, -0.1) is 0 Å². The smallest absolute Gasteiger partial charge is 0.318 e. The van der Waals surface area contributed by atoms with Crippen LogP contribution in [0.3, 0.4) is 0 Å². The highest BCUT2D eigenvalue weighted by Crippen LogP contribution is 2.52. The van der Waals surface area contributed by atoms with E-state index in [0.717, 1.165) is 55.1 Å². The normalized spacial score (nSPS) is 33.5. The predicted octanol–water partition coefficient (Wildman–Crippen LogP) is 5.45. The molecule has 4 saturated heterocycles. The molecule has 2 aliphatic carbocycles. The number of aromatic nitrogens is 2. The van der Waals surface area contributed by atoms with Crippen LogP contribution in [0.2, 0.25) is 0 Å². The summed E-state index contributed by atoms with van der Waals surface area (Å²) in [5.41, 5.74) is 4.50. The molecule has 10 rings (SSSR count). The molecule has 5 aliphatic heterocycles. The standard InChI is InChI=1S/C37H45FN6O2/c38-25-16-37(15-24-4-2-6-32(24)44(37)17-25)21-46-36-40-31-20-42(12-11-30(31)35(41-36)43-18-26-9-10-27(19-43)39-26)33-14-28(45)13-23-3-1-5-29(34(23)33)22-7-8-22/h1,3,5,13-14,22,24-27,32,39,45H,2,4,6-12,15-21H2. The first-order valence-corrected chi connectivity index (χ1v) is 17.9. The van der Waals surface area contributed by atoms with E-state index in [9.17, 15) is 9.50 Å². The fourth-order valence-electron chi connectivity index (χ4n) is 10.5. The summed E-state index contributed by atoms with van der Waals surface area (Å²) in [6, 6.07) is 12.3. The van der Waals surface area contributed by atoms with E-state index in [1.807, 2.05) is 12.1 Å². The Morgan fingerprint density at radius 2 is 1.85 bits per heavy atom. The monoisotopic (exact) mass is 624 g/mol. The first-order valence-electron chi connectivity index (χ1n) is 17.9. The molecular formula is C37H45FN6O2. The van der Waals surface area contributed by atoms with Crippen molar-refractivity contribution in [3.8, 4) is 11.8 Å². The van der Waals surface area contributed by atoms with Gasteiger partial charge in [-0.3, -0.25) is 4.90 Å². The maximum Gasteiger partial charge on any atom is 0.318 e. The zero-order valence-electron chi connectivity index (χ0n) is 26.6. The van der Waals surface area contributed by atoms with E-state index >= 15 is 0 Å². The third-order valence-electron chi connectivity index (χ3n) is 12.6. The lowest BCUT2D eigenvalue weighted by molar-refractivity contribution is 0.0829. The second-order valence-electron chi connectivity index (χ2n) is 15.6. The van der Waals surface area contributed by atoms with Crippen molar-refractivity contribution in [3.63, 3.8) is 0 Å². The summed E-state index contributed by atoms with van der Waals surface area (Å²) < 4.78 is 21.6.